The molecule has 2 aromatic rings. The van der Waals surface area contributed by atoms with Crippen LogP contribution in [0.1, 0.15) is 39.2 Å². The number of hydrogen-bond acceptors (Lipinski definition) is 6. The number of esters is 2. The quantitative estimate of drug-likeness (QED) is 0.688. The summed E-state index contributed by atoms with van der Waals surface area (Å²) in [6, 6.07) is 11.4. The largest absolute Gasteiger partial charge is 0.465 e. The van der Waals surface area contributed by atoms with Crippen molar-refractivity contribution < 1.29 is 23.9 Å². The van der Waals surface area contributed by atoms with Gasteiger partial charge in [-0.3, -0.25) is 4.79 Å². The van der Waals surface area contributed by atoms with Gasteiger partial charge in [0, 0.05) is 11.1 Å². The van der Waals surface area contributed by atoms with Crippen molar-refractivity contribution in [2.24, 2.45) is 0 Å². The minimum atomic E-state index is -0.635. The van der Waals surface area contributed by atoms with Gasteiger partial charge in [0.15, 0.2) is 0 Å². The molecule has 1 amide bonds. The Morgan fingerprint density at radius 2 is 1.71 bits per heavy atom. The molecule has 0 fully saturated rings. The maximum Gasteiger partial charge on any atom is 0.339 e. The van der Waals surface area contributed by atoms with Crippen LogP contribution in [-0.2, 0) is 14.3 Å². The van der Waals surface area contributed by atoms with Crippen molar-refractivity contribution in [2.45, 2.75) is 13.0 Å². The van der Waals surface area contributed by atoms with E-state index in [9.17, 15) is 14.4 Å². The molecule has 7 nitrogen and oxygen atoms in total. The SMILES string of the molecule is COC(=O)c1ccc(C(=O)OC)c(NC(=O)CN[C@H](C)c2ccccc2Cl)c1. The van der Waals surface area contributed by atoms with Crippen molar-refractivity contribution in [3.05, 3.63) is 64.2 Å². The zero-order chi connectivity index (χ0) is 20.7. The van der Waals surface area contributed by atoms with Gasteiger partial charge < -0.3 is 20.1 Å². The molecule has 0 bridgehead atoms. The van der Waals surface area contributed by atoms with Crippen LogP contribution in [0.15, 0.2) is 42.5 Å². The van der Waals surface area contributed by atoms with Gasteiger partial charge in [-0.25, -0.2) is 9.59 Å². The first-order valence-corrected chi connectivity index (χ1v) is 8.83. The number of halogens is 1. The minimum Gasteiger partial charge on any atom is -0.465 e. The number of benzene rings is 2. The lowest BCUT2D eigenvalue weighted by molar-refractivity contribution is -0.115. The molecule has 148 valence electrons. The van der Waals surface area contributed by atoms with Gasteiger partial charge in [0.25, 0.3) is 0 Å². The molecule has 0 heterocycles. The Balaban J connectivity index is 2.12. The van der Waals surface area contributed by atoms with Crippen LogP contribution in [0.25, 0.3) is 0 Å². The van der Waals surface area contributed by atoms with E-state index >= 15 is 0 Å². The Morgan fingerprint density at radius 1 is 1.04 bits per heavy atom. The second-order valence-electron chi connectivity index (χ2n) is 5.92. The van der Waals surface area contributed by atoms with Crippen molar-refractivity contribution in [1.82, 2.24) is 5.32 Å². The molecule has 0 aliphatic rings. The summed E-state index contributed by atoms with van der Waals surface area (Å²) in [7, 11) is 2.48. The molecule has 0 spiro atoms. The van der Waals surface area contributed by atoms with E-state index in [2.05, 4.69) is 15.4 Å². The first-order valence-electron chi connectivity index (χ1n) is 8.45. The molecule has 8 heteroatoms. The lowest BCUT2D eigenvalue weighted by atomic mass is 10.1. The molecule has 28 heavy (non-hydrogen) atoms. The number of anilines is 1. The fraction of sp³-hybridized carbons (Fsp3) is 0.250. The molecule has 2 rings (SSSR count). The number of rotatable bonds is 7. The predicted octanol–water partition coefficient (Wildman–Crippen LogP) is 3.20. The van der Waals surface area contributed by atoms with E-state index < -0.39 is 17.8 Å². The van der Waals surface area contributed by atoms with E-state index in [1.54, 1.807) is 6.07 Å². The van der Waals surface area contributed by atoms with Crippen LogP contribution in [0, 0.1) is 0 Å². The first-order chi connectivity index (χ1) is 13.4. The third-order valence-corrected chi connectivity index (χ3v) is 4.40. The van der Waals surface area contributed by atoms with Crippen LogP contribution in [0.5, 0.6) is 0 Å². The Labute approximate surface area is 168 Å². The molecule has 0 aromatic heterocycles. The zero-order valence-electron chi connectivity index (χ0n) is 15.7. The smallest absolute Gasteiger partial charge is 0.339 e. The summed E-state index contributed by atoms with van der Waals surface area (Å²) in [5.41, 5.74) is 1.34. The monoisotopic (exact) mass is 404 g/mol. The van der Waals surface area contributed by atoms with Crippen LogP contribution in [0.4, 0.5) is 5.69 Å². The van der Waals surface area contributed by atoms with Crippen LogP contribution >= 0.6 is 11.6 Å². The van der Waals surface area contributed by atoms with Gasteiger partial charge >= 0.3 is 11.9 Å². The Kier molecular flexibility index (Phi) is 7.54. The summed E-state index contributed by atoms with van der Waals surface area (Å²) in [5.74, 6) is -1.62. The standard InChI is InChI=1S/C20H21ClN2O5/c1-12(14-6-4-5-7-16(14)21)22-11-18(24)23-17-10-13(19(25)27-2)8-9-15(17)20(26)28-3/h4-10,12,22H,11H2,1-3H3,(H,23,24)/t12-/m1/s1. The molecule has 0 aliphatic carbocycles. The molecule has 2 aromatic carbocycles. The van der Waals surface area contributed by atoms with E-state index in [1.165, 1.54) is 32.4 Å². The van der Waals surface area contributed by atoms with Gasteiger partial charge in [0.2, 0.25) is 5.91 Å². The van der Waals surface area contributed by atoms with Gasteiger partial charge in [-0.05, 0) is 36.8 Å². The van der Waals surface area contributed by atoms with Gasteiger partial charge in [-0.2, -0.15) is 0 Å². The lowest BCUT2D eigenvalue weighted by Crippen LogP contribution is -2.30. The maximum atomic E-state index is 12.4. The highest BCUT2D eigenvalue weighted by molar-refractivity contribution is 6.31. The van der Waals surface area contributed by atoms with Crippen molar-refractivity contribution in [2.75, 3.05) is 26.1 Å². The van der Waals surface area contributed by atoms with Gasteiger partial charge in [-0.1, -0.05) is 29.8 Å². The van der Waals surface area contributed by atoms with Crippen LogP contribution in [-0.4, -0.2) is 38.6 Å². The fourth-order valence-electron chi connectivity index (χ4n) is 2.56. The molecule has 0 aliphatic heterocycles. The molecule has 2 N–H and O–H groups in total. The Hall–Kier alpha value is -2.90. The Morgan fingerprint density at radius 3 is 2.36 bits per heavy atom. The number of amides is 1. The molecular weight excluding hydrogens is 384 g/mol. The highest BCUT2D eigenvalue weighted by Gasteiger charge is 2.18. The summed E-state index contributed by atoms with van der Waals surface area (Å²) in [4.78, 5) is 36.0. The summed E-state index contributed by atoms with van der Waals surface area (Å²) < 4.78 is 9.39. The minimum absolute atomic E-state index is 0.0323. The molecule has 0 unspecified atom stereocenters. The van der Waals surface area contributed by atoms with Crippen molar-refractivity contribution >= 4 is 35.1 Å². The molecule has 0 saturated heterocycles. The van der Waals surface area contributed by atoms with Crippen molar-refractivity contribution in [3.63, 3.8) is 0 Å². The van der Waals surface area contributed by atoms with Crippen LogP contribution < -0.4 is 10.6 Å². The molecule has 0 radical (unpaired) electrons. The predicted molar refractivity (Wildman–Crippen MR) is 106 cm³/mol. The highest BCUT2D eigenvalue weighted by atomic mass is 35.5. The molecular formula is C20H21ClN2O5. The van der Waals surface area contributed by atoms with Crippen LogP contribution in [0.2, 0.25) is 5.02 Å². The summed E-state index contributed by atoms with van der Waals surface area (Å²) in [6.45, 7) is 1.85. The lowest BCUT2D eigenvalue weighted by Gasteiger charge is -2.16. The summed E-state index contributed by atoms with van der Waals surface area (Å²) in [5, 5.41) is 6.29. The van der Waals surface area contributed by atoms with E-state index in [0.717, 1.165) is 5.56 Å². The van der Waals surface area contributed by atoms with Crippen LogP contribution in [0.3, 0.4) is 0 Å². The number of nitrogens with one attached hydrogen (secondary N) is 2. The van der Waals surface area contributed by atoms with E-state index in [1.807, 2.05) is 25.1 Å². The second kappa shape index (κ2) is 9.87. The third kappa shape index (κ3) is 5.31. The highest BCUT2D eigenvalue weighted by Crippen LogP contribution is 2.22. The Bertz CT molecular complexity index is 885. The summed E-state index contributed by atoms with van der Waals surface area (Å²) in [6.07, 6.45) is 0. The van der Waals surface area contributed by atoms with Gasteiger partial charge in [0.1, 0.15) is 0 Å². The third-order valence-electron chi connectivity index (χ3n) is 4.06. The average molecular weight is 405 g/mol. The van der Waals surface area contributed by atoms with Crippen molar-refractivity contribution in [1.29, 1.82) is 0 Å². The van der Waals surface area contributed by atoms with E-state index in [4.69, 9.17) is 16.3 Å². The average Bonchev–Trinajstić information content (AvgIpc) is 2.71. The number of hydrogen-bond donors (Lipinski definition) is 2. The van der Waals surface area contributed by atoms with Crippen molar-refractivity contribution in [3.8, 4) is 0 Å². The van der Waals surface area contributed by atoms with Gasteiger partial charge in [0.05, 0.1) is 37.6 Å². The first kappa shape index (κ1) is 21.4. The second-order valence-corrected chi connectivity index (χ2v) is 6.32. The number of ether oxygens (including phenoxy) is 2. The summed E-state index contributed by atoms with van der Waals surface area (Å²) >= 11 is 6.16. The maximum absolute atomic E-state index is 12.4. The normalized spacial score (nSPS) is 11.4. The fourth-order valence-corrected chi connectivity index (χ4v) is 2.86. The number of methoxy groups -OCH3 is 2. The van der Waals surface area contributed by atoms with Gasteiger partial charge in [-0.15, -0.1) is 0 Å². The number of carbonyl (C=O) groups excluding carboxylic acids is 3. The van der Waals surface area contributed by atoms with E-state index in [0.29, 0.717) is 5.02 Å². The van der Waals surface area contributed by atoms with E-state index in [-0.39, 0.29) is 29.4 Å². The molecule has 0 saturated carbocycles. The molecule has 1 atom stereocenters. The topological polar surface area (TPSA) is 93.7 Å². The zero-order valence-corrected chi connectivity index (χ0v) is 16.5. The number of carbonyl (C=O) groups is 3.